The summed E-state index contributed by atoms with van der Waals surface area (Å²) >= 11 is 0. The molecule has 92 valence electrons. The number of amides is 1. The Morgan fingerprint density at radius 2 is 2.06 bits per heavy atom. The van der Waals surface area contributed by atoms with Crippen molar-refractivity contribution in [3.8, 4) is 0 Å². The standard InChI is InChI=1S/C13H17NO3/c1-10-8-14(13(15)16-2)9-12(17-10)11-6-4-3-5-7-11/h3-7,10,12H,8-9H2,1-2H3/t10-,12-/m0/s1. The summed E-state index contributed by atoms with van der Waals surface area (Å²) in [5, 5.41) is 0. The Hall–Kier alpha value is -1.55. The molecule has 1 heterocycles. The van der Waals surface area contributed by atoms with Crippen molar-refractivity contribution in [1.82, 2.24) is 4.90 Å². The van der Waals surface area contributed by atoms with E-state index in [0.29, 0.717) is 13.1 Å². The highest BCUT2D eigenvalue weighted by atomic mass is 16.5. The van der Waals surface area contributed by atoms with Crippen LogP contribution in [0.1, 0.15) is 18.6 Å². The highest BCUT2D eigenvalue weighted by Crippen LogP contribution is 2.25. The third-order valence-corrected chi connectivity index (χ3v) is 2.86. The van der Waals surface area contributed by atoms with Gasteiger partial charge >= 0.3 is 6.09 Å². The first-order valence-corrected chi connectivity index (χ1v) is 5.74. The number of hydrogen-bond donors (Lipinski definition) is 0. The average Bonchev–Trinajstić information content (AvgIpc) is 2.38. The molecule has 1 aromatic rings. The summed E-state index contributed by atoms with van der Waals surface area (Å²) in [6, 6.07) is 9.94. The molecule has 0 radical (unpaired) electrons. The average molecular weight is 235 g/mol. The van der Waals surface area contributed by atoms with Crippen molar-refractivity contribution in [2.24, 2.45) is 0 Å². The Kier molecular flexibility index (Phi) is 3.64. The van der Waals surface area contributed by atoms with Crippen LogP contribution < -0.4 is 0 Å². The van der Waals surface area contributed by atoms with E-state index in [0.717, 1.165) is 5.56 Å². The zero-order valence-corrected chi connectivity index (χ0v) is 10.1. The smallest absolute Gasteiger partial charge is 0.409 e. The van der Waals surface area contributed by atoms with Crippen LogP contribution in [0.3, 0.4) is 0 Å². The van der Waals surface area contributed by atoms with Gasteiger partial charge in [0.15, 0.2) is 0 Å². The van der Waals surface area contributed by atoms with E-state index in [2.05, 4.69) is 0 Å². The quantitative estimate of drug-likeness (QED) is 0.749. The van der Waals surface area contributed by atoms with E-state index in [4.69, 9.17) is 9.47 Å². The summed E-state index contributed by atoms with van der Waals surface area (Å²) in [5.74, 6) is 0. The van der Waals surface area contributed by atoms with Gasteiger partial charge in [0.25, 0.3) is 0 Å². The third kappa shape index (κ3) is 2.77. The molecule has 4 heteroatoms. The lowest BCUT2D eigenvalue weighted by Gasteiger charge is -2.36. The molecule has 2 atom stereocenters. The summed E-state index contributed by atoms with van der Waals surface area (Å²) in [6.45, 7) is 3.09. The molecule has 1 aliphatic rings. The van der Waals surface area contributed by atoms with Gasteiger partial charge in [-0.1, -0.05) is 30.3 Å². The van der Waals surface area contributed by atoms with E-state index < -0.39 is 0 Å². The summed E-state index contributed by atoms with van der Waals surface area (Å²) in [7, 11) is 1.40. The topological polar surface area (TPSA) is 38.8 Å². The van der Waals surface area contributed by atoms with Gasteiger partial charge in [-0.25, -0.2) is 4.79 Å². The first-order valence-electron chi connectivity index (χ1n) is 5.74. The minimum absolute atomic E-state index is 0.0213. The maximum Gasteiger partial charge on any atom is 0.409 e. The lowest BCUT2D eigenvalue weighted by molar-refractivity contribution is -0.0725. The molecule has 1 amide bonds. The SMILES string of the molecule is COC(=O)N1C[C@@H](c2ccccc2)O[C@@H](C)C1. The van der Waals surface area contributed by atoms with Crippen molar-refractivity contribution in [2.75, 3.05) is 20.2 Å². The number of carbonyl (C=O) groups is 1. The lowest BCUT2D eigenvalue weighted by Crippen LogP contribution is -2.45. The highest BCUT2D eigenvalue weighted by Gasteiger charge is 2.29. The van der Waals surface area contributed by atoms with E-state index in [9.17, 15) is 4.79 Å². The van der Waals surface area contributed by atoms with Gasteiger partial charge in [0.1, 0.15) is 6.10 Å². The minimum Gasteiger partial charge on any atom is -0.453 e. The molecule has 1 saturated heterocycles. The molecule has 2 rings (SSSR count). The molecule has 0 aromatic heterocycles. The molecule has 4 nitrogen and oxygen atoms in total. The number of hydrogen-bond acceptors (Lipinski definition) is 3. The van der Waals surface area contributed by atoms with Gasteiger partial charge < -0.3 is 14.4 Å². The summed E-state index contributed by atoms with van der Waals surface area (Å²) in [4.78, 5) is 13.2. The second-order valence-corrected chi connectivity index (χ2v) is 4.22. The molecule has 0 aliphatic carbocycles. The molecule has 0 spiro atoms. The van der Waals surface area contributed by atoms with Crippen LogP contribution in [0.15, 0.2) is 30.3 Å². The number of methoxy groups -OCH3 is 1. The highest BCUT2D eigenvalue weighted by molar-refractivity contribution is 5.67. The van der Waals surface area contributed by atoms with Crippen LogP contribution in [0.5, 0.6) is 0 Å². The normalized spacial score (nSPS) is 24.5. The number of rotatable bonds is 1. The largest absolute Gasteiger partial charge is 0.453 e. The molecular weight excluding hydrogens is 218 g/mol. The Morgan fingerprint density at radius 1 is 1.35 bits per heavy atom. The van der Waals surface area contributed by atoms with Gasteiger partial charge in [-0.2, -0.15) is 0 Å². The molecule has 0 bridgehead atoms. The molecule has 1 aliphatic heterocycles. The van der Waals surface area contributed by atoms with Crippen molar-refractivity contribution in [3.63, 3.8) is 0 Å². The maximum absolute atomic E-state index is 11.5. The number of morpholine rings is 1. The van der Waals surface area contributed by atoms with Crippen LogP contribution in [-0.4, -0.2) is 37.3 Å². The Balaban J connectivity index is 2.11. The van der Waals surface area contributed by atoms with Crippen molar-refractivity contribution in [2.45, 2.75) is 19.1 Å². The summed E-state index contributed by atoms with van der Waals surface area (Å²) in [6.07, 6.45) is -0.340. The van der Waals surface area contributed by atoms with E-state index in [-0.39, 0.29) is 18.3 Å². The molecule has 0 saturated carbocycles. The van der Waals surface area contributed by atoms with Crippen molar-refractivity contribution in [3.05, 3.63) is 35.9 Å². The molecule has 17 heavy (non-hydrogen) atoms. The second-order valence-electron chi connectivity index (χ2n) is 4.22. The van der Waals surface area contributed by atoms with Crippen LogP contribution in [0.25, 0.3) is 0 Å². The van der Waals surface area contributed by atoms with Gasteiger partial charge in [-0.05, 0) is 12.5 Å². The van der Waals surface area contributed by atoms with Crippen LogP contribution >= 0.6 is 0 Å². The number of nitrogens with zero attached hydrogens (tertiary/aromatic N) is 1. The maximum atomic E-state index is 11.5. The summed E-state index contributed by atoms with van der Waals surface area (Å²) in [5.41, 5.74) is 1.09. The molecule has 0 N–H and O–H groups in total. The van der Waals surface area contributed by atoms with E-state index in [1.54, 1.807) is 4.90 Å². The fourth-order valence-corrected chi connectivity index (χ4v) is 2.08. The lowest BCUT2D eigenvalue weighted by atomic mass is 10.1. The molecule has 1 aromatic carbocycles. The van der Waals surface area contributed by atoms with Crippen molar-refractivity contribution < 1.29 is 14.3 Å². The first kappa shape index (κ1) is 11.9. The fraction of sp³-hybridized carbons (Fsp3) is 0.462. The van der Waals surface area contributed by atoms with Crippen molar-refractivity contribution >= 4 is 6.09 Å². The number of benzene rings is 1. The van der Waals surface area contributed by atoms with Gasteiger partial charge in [0.05, 0.1) is 26.3 Å². The monoisotopic (exact) mass is 235 g/mol. The molecule has 0 unspecified atom stereocenters. The Labute approximate surface area is 101 Å². The van der Waals surface area contributed by atoms with Gasteiger partial charge in [-0.15, -0.1) is 0 Å². The van der Waals surface area contributed by atoms with E-state index in [1.165, 1.54) is 7.11 Å². The van der Waals surface area contributed by atoms with Gasteiger partial charge in [0, 0.05) is 0 Å². The van der Waals surface area contributed by atoms with E-state index in [1.807, 2.05) is 37.3 Å². The van der Waals surface area contributed by atoms with Crippen LogP contribution in [0.2, 0.25) is 0 Å². The van der Waals surface area contributed by atoms with Crippen LogP contribution in [-0.2, 0) is 9.47 Å². The second kappa shape index (κ2) is 5.19. The van der Waals surface area contributed by atoms with Gasteiger partial charge in [0.2, 0.25) is 0 Å². The minimum atomic E-state index is -0.291. The zero-order chi connectivity index (χ0) is 12.3. The zero-order valence-electron chi connectivity index (χ0n) is 10.1. The van der Waals surface area contributed by atoms with Gasteiger partial charge in [-0.3, -0.25) is 0 Å². The number of carbonyl (C=O) groups excluding carboxylic acids is 1. The Bertz CT molecular complexity index is 380. The predicted octanol–water partition coefficient (Wildman–Crippen LogP) is 2.21. The van der Waals surface area contributed by atoms with Crippen LogP contribution in [0.4, 0.5) is 4.79 Å². The molecular formula is C13H17NO3. The third-order valence-electron chi connectivity index (χ3n) is 2.86. The first-order chi connectivity index (χ1) is 8.20. The predicted molar refractivity (Wildman–Crippen MR) is 63.7 cm³/mol. The Morgan fingerprint density at radius 3 is 2.71 bits per heavy atom. The molecule has 1 fully saturated rings. The van der Waals surface area contributed by atoms with Crippen LogP contribution in [0, 0.1) is 0 Å². The fourth-order valence-electron chi connectivity index (χ4n) is 2.08. The van der Waals surface area contributed by atoms with E-state index >= 15 is 0 Å². The van der Waals surface area contributed by atoms with Crippen molar-refractivity contribution in [1.29, 1.82) is 0 Å². The number of ether oxygens (including phenoxy) is 2. The summed E-state index contributed by atoms with van der Waals surface area (Å²) < 4.78 is 10.6.